The molecule has 0 aromatic heterocycles. The summed E-state index contributed by atoms with van der Waals surface area (Å²) in [6, 6.07) is 7.54. The molecule has 0 amide bonds. The summed E-state index contributed by atoms with van der Waals surface area (Å²) in [5, 5.41) is 8.52. The molecule has 236 valence electrons. The lowest BCUT2D eigenvalue weighted by atomic mass is 10.0. The van der Waals surface area contributed by atoms with Crippen LogP contribution in [-0.2, 0) is 14.3 Å². The number of methoxy groups -OCH3 is 1. The third-order valence-corrected chi connectivity index (χ3v) is 7.39. The van der Waals surface area contributed by atoms with Gasteiger partial charge >= 0.3 is 11.9 Å². The van der Waals surface area contributed by atoms with Gasteiger partial charge in [0.25, 0.3) is 0 Å². The summed E-state index contributed by atoms with van der Waals surface area (Å²) >= 11 is 0. The lowest BCUT2D eigenvalue weighted by Crippen LogP contribution is -2.15. The van der Waals surface area contributed by atoms with Crippen LogP contribution in [-0.4, -0.2) is 30.3 Å². The van der Waals surface area contributed by atoms with Crippen LogP contribution in [0.15, 0.2) is 30.3 Å². The van der Waals surface area contributed by atoms with Gasteiger partial charge in [-0.05, 0) is 49.5 Å². The zero-order chi connectivity index (χ0) is 30.4. The van der Waals surface area contributed by atoms with E-state index in [1.807, 2.05) is 24.3 Å². The fraction of sp³-hybridized carbons (Fsp3) is 0.722. The van der Waals surface area contributed by atoms with E-state index >= 15 is 0 Å². The Morgan fingerprint density at radius 2 is 1.17 bits per heavy atom. The highest BCUT2D eigenvalue weighted by atomic mass is 16.5. The highest BCUT2D eigenvalue weighted by molar-refractivity contribution is 5.87. The Morgan fingerprint density at radius 3 is 1.61 bits per heavy atom. The van der Waals surface area contributed by atoms with Crippen molar-refractivity contribution >= 4 is 18.0 Å². The van der Waals surface area contributed by atoms with Crippen molar-refractivity contribution in [1.82, 2.24) is 0 Å². The number of carbonyl (C=O) groups is 2. The van der Waals surface area contributed by atoms with E-state index in [2.05, 4.69) is 20.8 Å². The van der Waals surface area contributed by atoms with E-state index in [4.69, 9.17) is 14.6 Å². The minimum absolute atomic E-state index is 0.0320. The van der Waals surface area contributed by atoms with Crippen LogP contribution in [0.4, 0.5) is 0 Å². The number of esters is 1. The summed E-state index contributed by atoms with van der Waals surface area (Å²) in [5.41, 5.74) is 0.951. The van der Waals surface area contributed by atoms with Gasteiger partial charge in [0.1, 0.15) is 11.9 Å². The van der Waals surface area contributed by atoms with E-state index in [1.165, 1.54) is 102 Å². The Balaban J connectivity index is 0.000000782. The van der Waals surface area contributed by atoms with Crippen LogP contribution in [0, 0.1) is 0 Å². The zero-order valence-electron chi connectivity index (χ0n) is 27.0. The lowest BCUT2D eigenvalue weighted by Gasteiger charge is -2.14. The molecule has 0 radical (unpaired) electrons. The highest BCUT2D eigenvalue weighted by Crippen LogP contribution is 2.15. The molecule has 41 heavy (non-hydrogen) atoms. The van der Waals surface area contributed by atoms with Crippen molar-refractivity contribution in [3.63, 3.8) is 0 Å². The minimum atomic E-state index is -0.653. The molecule has 1 rings (SSSR count). The number of carboxylic acid groups (broad SMARTS) is 1. The highest BCUT2D eigenvalue weighted by Gasteiger charge is 2.10. The first-order valence-electron chi connectivity index (χ1n) is 16.7. The van der Waals surface area contributed by atoms with Gasteiger partial charge in [-0.15, -0.1) is 0 Å². The molecule has 0 aliphatic rings. The van der Waals surface area contributed by atoms with Crippen molar-refractivity contribution in [3.05, 3.63) is 35.9 Å². The number of benzene rings is 1. The van der Waals surface area contributed by atoms with E-state index in [9.17, 15) is 9.59 Å². The third-order valence-electron chi connectivity index (χ3n) is 7.39. The molecule has 0 aliphatic carbocycles. The molecule has 0 bridgehead atoms. The number of hydrogen-bond acceptors (Lipinski definition) is 4. The maximum Gasteiger partial charge on any atom is 0.331 e. The van der Waals surface area contributed by atoms with E-state index in [-0.39, 0.29) is 12.1 Å². The molecule has 0 aliphatic heterocycles. The molecule has 1 aromatic rings. The quantitative estimate of drug-likeness (QED) is 0.0714. The van der Waals surface area contributed by atoms with Gasteiger partial charge < -0.3 is 14.6 Å². The van der Waals surface area contributed by atoms with Crippen molar-refractivity contribution < 1.29 is 24.2 Å². The summed E-state index contributed by atoms with van der Waals surface area (Å²) in [5.74, 6) is -0.120. The number of carboxylic acids is 1. The van der Waals surface area contributed by atoms with Crippen molar-refractivity contribution in [2.24, 2.45) is 0 Å². The Labute approximate surface area is 252 Å². The first kappa shape index (κ1) is 38.7. The molecule has 1 atom stereocenters. The predicted octanol–water partition coefficient (Wildman–Crippen LogP) is 10.9. The minimum Gasteiger partial charge on any atom is -0.497 e. The number of hydrogen-bond donors (Lipinski definition) is 1. The van der Waals surface area contributed by atoms with Crippen LogP contribution in [0.3, 0.4) is 0 Å². The van der Waals surface area contributed by atoms with Crippen molar-refractivity contribution in [3.8, 4) is 5.75 Å². The van der Waals surface area contributed by atoms with Crippen molar-refractivity contribution in [2.75, 3.05) is 7.11 Å². The maximum absolute atomic E-state index is 11.8. The molecule has 0 fully saturated rings. The van der Waals surface area contributed by atoms with Crippen LogP contribution >= 0.6 is 0 Å². The van der Waals surface area contributed by atoms with Gasteiger partial charge in [-0.1, -0.05) is 136 Å². The van der Waals surface area contributed by atoms with E-state index < -0.39 is 5.97 Å². The molecule has 5 heteroatoms. The van der Waals surface area contributed by atoms with E-state index in [0.717, 1.165) is 43.4 Å². The second-order valence-corrected chi connectivity index (χ2v) is 11.2. The largest absolute Gasteiger partial charge is 0.497 e. The Morgan fingerprint density at radius 1 is 0.707 bits per heavy atom. The fourth-order valence-electron chi connectivity index (χ4n) is 4.70. The lowest BCUT2D eigenvalue weighted by molar-refractivity contribution is -0.143. The third kappa shape index (κ3) is 26.4. The van der Waals surface area contributed by atoms with Crippen LogP contribution in [0.25, 0.3) is 6.08 Å². The normalized spacial score (nSPS) is 11.6. The zero-order valence-corrected chi connectivity index (χ0v) is 27.0. The Bertz CT molecular complexity index is 756. The molecule has 0 heterocycles. The number of ether oxygens (including phenoxy) is 2. The number of carbonyl (C=O) groups excluding carboxylic acids is 1. The molecule has 1 N–H and O–H groups in total. The van der Waals surface area contributed by atoms with Crippen molar-refractivity contribution in [1.29, 1.82) is 0 Å². The molecule has 0 saturated heterocycles. The van der Waals surface area contributed by atoms with Crippen LogP contribution in [0.2, 0.25) is 0 Å². The van der Waals surface area contributed by atoms with Crippen molar-refractivity contribution in [2.45, 2.75) is 162 Å². The summed E-state index contributed by atoms with van der Waals surface area (Å²) in [4.78, 5) is 22.1. The Kier molecular flexibility index (Phi) is 27.6. The molecular weight excluding hydrogens is 512 g/mol. The van der Waals surface area contributed by atoms with Gasteiger partial charge in [0.2, 0.25) is 0 Å². The van der Waals surface area contributed by atoms with Gasteiger partial charge in [0.15, 0.2) is 0 Å². The van der Waals surface area contributed by atoms with Crippen LogP contribution < -0.4 is 4.74 Å². The van der Waals surface area contributed by atoms with Gasteiger partial charge in [0, 0.05) is 12.5 Å². The molecule has 0 spiro atoms. The number of unbranched alkanes of at least 4 members (excludes halogenated alkanes) is 16. The van der Waals surface area contributed by atoms with Crippen LogP contribution in [0.5, 0.6) is 5.75 Å². The first-order chi connectivity index (χ1) is 20.0. The van der Waals surface area contributed by atoms with Crippen LogP contribution in [0.1, 0.15) is 161 Å². The average Bonchev–Trinajstić information content (AvgIpc) is 2.98. The topological polar surface area (TPSA) is 72.8 Å². The van der Waals surface area contributed by atoms with Gasteiger partial charge in [-0.25, -0.2) is 4.79 Å². The number of aliphatic carboxylic acids is 1. The van der Waals surface area contributed by atoms with E-state index in [1.54, 1.807) is 13.2 Å². The maximum atomic E-state index is 11.8. The van der Waals surface area contributed by atoms with Gasteiger partial charge in [0.05, 0.1) is 7.11 Å². The Hall–Kier alpha value is -2.30. The van der Waals surface area contributed by atoms with E-state index in [0.29, 0.717) is 6.42 Å². The summed E-state index contributed by atoms with van der Waals surface area (Å²) < 4.78 is 10.6. The SMILES string of the molecule is CCCCCC(CC)OC(=O)C=Cc1ccc(OC)cc1.CCCCCCCCCCCCCCCCCC(=O)O. The average molecular weight is 575 g/mol. The fourth-order valence-corrected chi connectivity index (χ4v) is 4.70. The van der Waals surface area contributed by atoms with Gasteiger partial charge in [-0.2, -0.15) is 0 Å². The second-order valence-electron chi connectivity index (χ2n) is 11.2. The standard InChI is InChI=1S/C18H26O3.C18H36O2/c1-4-6-7-8-16(5-2)21-18(19)14-11-15-9-12-17(20-3)13-10-15;1-2-3-4-5-6-7-8-9-10-11-12-13-14-15-16-17-18(19)20/h9-14,16H,4-8H2,1-3H3;2-17H2,1H3,(H,19,20). The van der Waals surface area contributed by atoms with Gasteiger partial charge in [-0.3, -0.25) is 4.79 Å². The molecule has 5 nitrogen and oxygen atoms in total. The summed E-state index contributed by atoms with van der Waals surface area (Å²) in [6.45, 7) is 6.49. The molecular formula is C36H62O5. The number of rotatable bonds is 25. The second kappa shape index (κ2) is 29.2. The molecule has 1 aromatic carbocycles. The first-order valence-corrected chi connectivity index (χ1v) is 16.7. The monoisotopic (exact) mass is 574 g/mol. The predicted molar refractivity (Wildman–Crippen MR) is 174 cm³/mol. The summed E-state index contributed by atoms with van der Waals surface area (Å²) in [6.07, 6.45) is 28.8. The molecule has 0 saturated carbocycles. The smallest absolute Gasteiger partial charge is 0.331 e. The summed E-state index contributed by atoms with van der Waals surface area (Å²) in [7, 11) is 1.63. The molecule has 1 unspecified atom stereocenters.